The Kier molecular flexibility index (Phi) is 60.5. The fraction of sp³-hybridized carbons (Fsp3) is 0.740. The van der Waals surface area contributed by atoms with E-state index >= 15 is 0 Å². The minimum atomic E-state index is -4.36. The lowest BCUT2D eigenvalue weighted by molar-refractivity contribution is -0.870. The van der Waals surface area contributed by atoms with Gasteiger partial charge in [0, 0.05) is 6.42 Å². The van der Waals surface area contributed by atoms with Crippen molar-refractivity contribution in [2.45, 2.75) is 309 Å². The number of quaternary nitrogens is 1. The van der Waals surface area contributed by atoms with Gasteiger partial charge in [0.05, 0.1) is 39.9 Å². The first kappa shape index (κ1) is 79.2. The third-order valence-corrected chi connectivity index (χ3v) is 16.0. The maximum atomic E-state index is 13.0. The number of nitrogens with one attached hydrogen (secondary N) is 1. The number of rotatable bonds is 62. The van der Waals surface area contributed by atoms with Gasteiger partial charge in [0.1, 0.15) is 13.2 Å². The number of hydrogen-bond donors (Lipinski definition) is 3. The second kappa shape index (κ2) is 62.7. The van der Waals surface area contributed by atoms with E-state index in [1.165, 1.54) is 186 Å². The number of aliphatic hydroxyl groups excluding tert-OH is 1. The summed E-state index contributed by atoms with van der Waals surface area (Å²) in [5.41, 5.74) is 0. The number of aliphatic hydroxyl groups is 1. The third-order valence-electron chi connectivity index (χ3n) is 15.0. The van der Waals surface area contributed by atoms with E-state index in [9.17, 15) is 19.4 Å². The zero-order chi connectivity index (χ0) is 59.8. The Bertz CT molecular complexity index is 1700. The van der Waals surface area contributed by atoms with E-state index in [1.54, 1.807) is 6.08 Å². The van der Waals surface area contributed by atoms with Crippen molar-refractivity contribution in [2.24, 2.45) is 0 Å². The number of carbonyl (C=O) groups excluding carboxylic acids is 1. The van der Waals surface area contributed by atoms with Gasteiger partial charge in [-0.15, -0.1) is 0 Å². The number of hydrogen-bond acceptors (Lipinski definition) is 5. The van der Waals surface area contributed by atoms with Gasteiger partial charge >= 0.3 is 7.82 Å². The van der Waals surface area contributed by atoms with Crippen LogP contribution in [0.15, 0.2) is 109 Å². The van der Waals surface area contributed by atoms with Crippen molar-refractivity contribution in [3.05, 3.63) is 109 Å². The molecule has 474 valence electrons. The first-order valence-electron chi connectivity index (χ1n) is 34.3. The monoisotopic (exact) mass is 1160 g/mol. The molecule has 0 aliphatic heterocycles. The van der Waals surface area contributed by atoms with E-state index in [0.717, 1.165) is 89.9 Å². The fourth-order valence-electron chi connectivity index (χ4n) is 9.71. The molecule has 0 aromatic heterocycles. The summed E-state index contributed by atoms with van der Waals surface area (Å²) in [5.74, 6) is -0.178. The summed E-state index contributed by atoms with van der Waals surface area (Å²) >= 11 is 0. The highest BCUT2D eigenvalue weighted by Crippen LogP contribution is 2.43. The lowest BCUT2D eigenvalue weighted by atomic mass is 10.0. The van der Waals surface area contributed by atoms with Crippen molar-refractivity contribution >= 4 is 13.7 Å². The molecule has 0 saturated heterocycles. The molecule has 0 aliphatic carbocycles. The van der Waals surface area contributed by atoms with Crippen LogP contribution in [0.25, 0.3) is 0 Å². The van der Waals surface area contributed by atoms with Crippen LogP contribution in [-0.4, -0.2) is 73.4 Å². The second-order valence-electron chi connectivity index (χ2n) is 24.2. The van der Waals surface area contributed by atoms with Gasteiger partial charge in [0.2, 0.25) is 5.91 Å². The van der Waals surface area contributed by atoms with Crippen molar-refractivity contribution < 1.29 is 32.9 Å². The SMILES string of the molecule is CC/C=C\C/C=C\C/C=C\C/C=C\C/C=C\C/C=C\C/C=C\C/C=C\CCCCCCCCCCCCCCCCC(=O)NC(COP(=O)(O)OCC[N+](C)(C)C)C(O)/C=C/CCCCCCCCCCCCCCCCCCCCC. The lowest BCUT2D eigenvalue weighted by Gasteiger charge is -2.25. The zero-order valence-electron chi connectivity index (χ0n) is 54.2. The van der Waals surface area contributed by atoms with Crippen LogP contribution in [0.4, 0.5) is 0 Å². The van der Waals surface area contributed by atoms with Gasteiger partial charge in [-0.3, -0.25) is 13.8 Å². The largest absolute Gasteiger partial charge is 0.472 e. The van der Waals surface area contributed by atoms with Gasteiger partial charge in [-0.05, 0) is 83.5 Å². The molecule has 0 radical (unpaired) electrons. The number of nitrogens with zero attached hydrogens (tertiary/aromatic N) is 1. The first-order valence-corrected chi connectivity index (χ1v) is 35.8. The standard InChI is InChI=1S/C73H131N2O6P/c1-6-8-10-12-14-16-18-20-22-24-26-28-29-30-31-32-33-34-35-36-37-38-39-40-41-42-43-44-45-47-49-51-53-55-57-59-61-63-65-67-73(77)74-71(70-81-82(78,79)80-69-68-75(3,4)5)72(76)66-64-62-60-58-56-54-52-50-48-46-27-25-23-21-19-17-15-13-11-9-7-2/h8,10,14,16,20,22,26,28,30-31,33-34,36-37,39-40,64,66,71-72,76H,6-7,9,11-13,15,17-19,21,23-25,27,29,32,35,38,41-63,65,67-70H2,1-5H3,(H-,74,77,78,79)/p+1/b10-8-,16-14-,22-20-,28-26-,31-30-,34-33-,37-36-,40-39-,66-64+. The van der Waals surface area contributed by atoms with E-state index in [-0.39, 0.29) is 19.1 Å². The first-order chi connectivity index (χ1) is 40.0. The molecule has 0 heterocycles. The van der Waals surface area contributed by atoms with Crippen LogP contribution in [0.1, 0.15) is 296 Å². The van der Waals surface area contributed by atoms with Crippen LogP contribution >= 0.6 is 7.82 Å². The third kappa shape index (κ3) is 64.7. The Balaban J connectivity index is 4.07. The lowest BCUT2D eigenvalue weighted by Crippen LogP contribution is -2.45. The van der Waals surface area contributed by atoms with Crippen molar-refractivity contribution in [2.75, 3.05) is 40.9 Å². The highest BCUT2D eigenvalue weighted by Gasteiger charge is 2.28. The summed E-state index contributed by atoms with van der Waals surface area (Å²) < 4.78 is 23.8. The Morgan fingerprint density at radius 1 is 0.427 bits per heavy atom. The van der Waals surface area contributed by atoms with E-state index in [1.807, 2.05) is 27.2 Å². The van der Waals surface area contributed by atoms with Crippen molar-refractivity contribution in [1.82, 2.24) is 5.32 Å². The van der Waals surface area contributed by atoms with Crippen molar-refractivity contribution in [1.29, 1.82) is 0 Å². The van der Waals surface area contributed by atoms with E-state index in [0.29, 0.717) is 17.4 Å². The predicted octanol–water partition coefficient (Wildman–Crippen LogP) is 21.9. The molecule has 82 heavy (non-hydrogen) atoms. The second-order valence-corrected chi connectivity index (χ2v) is 25.6. The molecule has 0 aromatic carbocycles. The van der Waals surface area contributed by atoms with Crippen LogP contribution in [0, 0.1) is 0 Å². The number of likely N-dealkylation sites (N-methyl/N-ethyl adjacent to an activating group) is 1. The summed E-state index contributed by atoms with van der Waals surface area (Å²) in [6.07, 6.45) is 92.2. The highest BCUT2D eigenvalue weighted by molar-refractivity contribution is 7.47. The van der Waals surface area contributed by atoms with Crippen molar-refractivity contribution in [3.63, 3.8) is 0 Å². The predicted molar refractivity (Wildman–Crippen MR) is 359 cm³/mol. The molecule has 3 N–H and O–H groups in total. The summed E-state index contributed by atoms with van der Waals surface area (Å²) in [4.78, 5) is 23.4. The summed E-state index contributed by atoms with van der Waals surface area (Å²) in [6, 6.07) is -0.853. The average molecular weight is 1160 g/mol. The normalized spacial score (nSPS) is 14.4. The van der Waals surface area contributed by atoms with Gasteiger partial charge in [-0.2, -0.15) is 0 Å². The molecule has 0 rings (SSSR count). The maximum absolute atomic E-state index is 13.0. The molecule has 0 aromatic rings. The number of unbranched alkanes of at least 4 members (excludes halogenated alkanes) is 33. The number of allylic oxidation sites excluding steroid dienone is 17. The number of phosphoric acid groups is 1. The minimum Gasteiger partial charge on any atom is -0.387 e. The summed E-state index contributed by atoms with van der Waals surface area (Å²) in [7, 11) is 1.57. The van der Waals surface area contributed by atoms with Crippen LogP contribution in [-0.2, 0) is 18.4 Å². The number of amides is 1. The van der Waals surface area contributed by atoms with Crippen LogP contribution in [0.3, 0.4) is 0 Å². The molecule has 8 nitrogen and oxygen atoms in total. The van der Waals surface area contributed by atoms with Gasteiger partial charge < -0.3 is 19.8 Å². The van der Waals surface area contributed by atoms with Gasteiger partial charge in [0.15, 0.2) is 0 Å². The summed E-state index contributed by atoms with van der Waals surface area (Å²) in [6.45, 7) is 4.72. The van der Waals surface area contributed by atoms with Crippen LogP contribution in [0.2, 0.25) is 0 Å². The minimum absolute atomic E-state index is 0.0585. The smallest absolute Gasteiger partial charge is 0.387 e. The van der Waals surface area contributed by atoms with E-state index in [2.05, 4.69) is 116 Å². The molecule has 0 saturated carbocycles. The highest BCUT2D eigenvalue weighted by atomic mass is 31.2. The molecule has 1 amide bonds. The van der Waals surface area contributed by atoms with E-state index in [4.69, 9.17) is 9.05 Å². The topological polar surface area (TPSA) is 105 Å². The molecule has 0 fully saturated rings. The average Bonchev–Trinajstić information content (AvgIpc) is 3.46. The maximum Gasteiger partial charge on any atom is 0.472 e. The number of phosphoric ester groups is 1. The van der Waals surface area contributed by atoms with Gasteiger partial charge in [-0.1, -0.05) is 316 Å². The molecule has 9 heteroatoms. The number of carbonyl (C=O) groups is 1. The zero-order valence-corrected chi connectivity index (χ0v) is 55.1. The summed E-state index contributed by atoms with van der Waals surface area (Å²) in [5, 5.41) is 14.0. The molecular formula is C73H132N2O6P+. The van der Waals surface area contributed by atoms with Crippen molar-refractivity contribution in [3.8, 4) is 0 Å². The Hall–Kier alpha value is -2.84. The fourth-order valence-corrected chi connectivity index (χ4v) is 10.4. The quantitative estimate of drug-likeness (QED) is 0.0243. The van der Waals surface area contributed by atoms with Gasteiger partial charge in [-0.25, -0.2) is 4.57 Å². The molecule has 3 unspecified atom stereocenters. The molecule has 0 spiro atoms. The van der Waals surface area contributed by atoms with E-state index < -0.39 is 20.0 Å². The Morgan fingerprint density at radius 2 is 0.732 bits per heavy atom. The molecule has 3 atom stereocenters. The Labute approximate surface area is 508 Å². The van der Waals surface area contributed by atoms with Crippen LogP contribution in [0.5, 0.6) is 0 Å². The molecular weight excluding hydrogens is 1030 g/mol. The van der Waals surface area contributed by atoms with Crippen LogP contribution < -0.4 is 5.32 Å². The van der Waals surface area contributed by atoms with Gasteiger partial charge in [0.25, 0.3) is 0 Å². The molecule has 0 bridgehead atoms. The Morgan fingerprint density at radius 3 is 1.07 bits per heavy atom. The molecule has 0 aliphatic rings.